The predicted molar refractivity (Wildman–Crippen MR) is 116 cm³/mol. The van der Waals surface area contributed by atoms with E-state index in [1.165, 1.54) is 4.68 Å². The highest BCUT2D eigenvalue weighted by atomic mass is 32.2. The molecule has 0 unspecified atom stereocenters. The van der Waals surface area contributed by atoms with E-state index < -0.39 is 0 Å². The first-order chi connectivity index (χ1) is 14.6. The number of fused-ring (bicyclic) bond motifs is 2. The molecule has 1 aromatic heterocycles. The summed E-state index contributed by atoms with van der Waals surface area (Å²) in [6.45, 7) is 2.37. The van der Waals surface area contributed by atoms with Gasteiger partial charge in [0.05, 0.1) is 5.69 Å². The van der Waals surface area contributed by atoms with Crippen LogP contribution in [0.15, 0.2) is 34.0 Å². The maximum Gasteiger partial charge on any atom is 0.345 e. The molecule has 2 aliphatic rings. The summed E-state index contributed by atoms with van der Waals surface area (Å²) in [5.74, 6) is 1.57. The minimum atomic E-state index is -0.139. The van der Waals surface area contributed by atoms with Crippen LogP contribution >= 0.6 is 11.8 Å². The molecule has 0 fully saturated rings. The van der Waals surface area contributed by atoms with Gasteiger partial charge in [0.2, 0.25) is 11.8 Å². The fourth-order valence-electron chi connectivity index (χ4n) is 3.92. The van der Waals surface area contributed by atoms with Crippen molar-refractivity contribution in [1.82, 2.24) is 19.7 Å². The van der Waals surface area contributed by atoms with E-state index in [0.717, 1.165) is 48.0 Å². The number of rotatable bonds is 7. The van der Waals surface area contributed by atoms with Gasteiger partial charge >= 0.3 is 5.69 Å². The molecule has 3 heterocycles. The number of carbonyl (C=O) groups excluding carboxylic acids is 2. The summed E-state index contributed by atoms with van der Waals surface area (Å²) in [6.07, 6.45) is 3.95. The van der Waals surface area contributed by atoms with Crippen LogP contribution in [0.2, 0.25) is 0 Å². The highest BCUT2D eigenvalue weighted by Gasteiger charge is 2.23. The lowest BCUT2D eigenvalue weighted by Gasteiger charge is -2.29. The number of thioether (sulfide) groups is 1. The van der Waals surface area contributed by atoms with Gasteiger partial charge in [0.1, 0.15) is 5.82 Å². The molecule has 0 spiro atoms. The number of amides is 2. The van der Waals surface area contributed by atoms with Crippen molar-refractivity contribution in [2.75, 3.05) is 23.7 Å². The van der Waals surface area contributed by atoms with Crippen molar-refractivity contribution in [3.8, 4) is 0 Å². The fourth-order valence-corrected chi connectivity index (χ4v) is 4.92. The number of aromatic nitrogens is 3. The van der Waals surface area contributed by atoms with Crippen LogP contribution in [0.3, 0.4) is 0 Å². The largest absolute Gasteiger partial charge is 0.356 e. The third-order valence-electron chi connectivity index (χ3n) is 5.50. The summed E-state index contributed by atoms with van der Waals surface area (Å²) in [5.41, 5.74) is 0.883. The molecule has 1 aromatic carbocycles. The molecule has 0 bridgehead atoms. The van der Waals surface area contributed by atoms with Crippen molar-refractivity contribution >= 4 is 29.3 Å². The number of benzene rings is 1. The average Bonchev–Trinajstić information content (AvgIpc) is 3.10. The van der Waals surface area contributed by atoms with Crippen LogP contribution in [0, 0.1) is 0 Å². The number of carbonyl (C=O) groups is 2. The first-order valence-corrected chi connectivity index (χ1v) is 11.6. The Balaban J connectivity index is 1.19. The van der Waals surface area contributed by atoms with E-state index in [2.05, 4.69) is 10.4 Å². The number of anilines is 1. The Morgan fingerprint density at radius 3 is 2.87 bits per heavy atom. The summed E-state index contributed by atoms with van der Waals surface area (Å²) in [7, 11) is 0. The second kappa shape index (κ2) is 9.51. The molecule has 8 nitrogen and oxygen atoms in total. The van der Waals surface area contributed by atoms with Crippen molar-refractivity contribution < 1.29 is 9.59 Å². The molecular formula is C21H27N5O3S. The second-order valence-corrected chi connectivity index (χ2v) is 8.73. The van der Waals surface area contributed by atoms with E-state index in [-0.39, 0.29) is 30.3 Å². The highest BCUT2D eigenvalue weighted by Crippen LogP contribution is 2.34. The zero-order chi connectivity index (χ0) is 20.9. The standard InChI is InChI=1S/C21H27N5O3S/c27-19(9-10-20(28)24-14-15-30-17-7-2-1-6-16(17)24)22-11-5-13-26-21(29)25-12-4-3-8-18(25)23-26/h1-2,6-7H,3-5,8-15H2,(H,22,27). The molecule has 0 atom stereocenters. The Morgan fingerprint density at radius 1 is 1.13 bits per heavy atom. The Morgan fingerprint density at radius 2 is 2.00 bits per heavy atom. The lowest BCUT2D eigenvalue weighted by atomic mass is 10.2. The maximum atomic E-state index is 12.6. The molecule has 0 saturated carbocycles. The molecule has 4 rings (SSSR count). The Kier molecular flexibility index (Phi) is 6.56. The van der Waals surface area contributed by atoms with E-state index in [0.29, 0.717) is 26.1 Å². The number of nitrogens with zero attached hydrogens (tertiary/aromatic N) is 4. The molecule has 160 valence electrons. The van der Waals surface area contributed by atoms with Crippen LogP contribution in [0.25, 0.3) is 0 Å². The van der Waals surface area contributed by atoms with E-state index >= 15 is 0 Å². The smallest absolute Gasteiger partial charge is 0.345 e. The molecular weight excluding hydrogens is 402 g/mol. The van der Waals surface area contributed by atoms with Gasteiger partial charge in [-0.05, 0) is 31.4 Å². The number of hydrogen-bond acceptors (Lipinski definition) is 5. The zero-order valence-corrected chi connectivity index (χ0v) is 17.8. The normalized spacial score (nSPS) is 15.4. The van der Waals surface area contributed by atoms with Crippen LogP contribution in [-0.2, 0) is 29.1 Å². The van der Waals surface area contributed by atoms with Gasteiger partial charge in [0.15, 0.2) is 0 Å². The van der Waals surface area contributed by atoms with Crippen LogP contribution in [0.1, 0.15) is 37.9 Å². The minimum absolute atomic E-state index is 0.0203. The molecule has 1 N–H and O–H groups in total. The lowest BCUT2D eigenvalue weighted by molar-refractivity contribution is -0.125. The van der Waals surface area contributed by atoms with E-state index in [1.807, 2.05) is 24.3 Å². The van der Waals surface area contributed by atoms with Gasteiger partial charge in [-0.25, -0.2) is 9.48 Å². The van der Waals surface area contributed by atoms with E-state index in [9.17, 15) is 14.4 Å². The fraction of sp³-hybridized carbons (Fsp3) is 0.524. The third kappa shape index (κ3) is 4.61. The van der Waals surface area contributed by atoms with Crippen molar-refractivity contribution in [3.63, 3.8) is 0 Å². The van der Waals surface area contributed by atoms with Gasteiger partial charge in [0.25, 0.3) is 0 Å². The van der Waals surface area contributed by atoms with Gasteiger partial charge in [-0.15, -0.1) is 11.8 Å². The molecule has 0 saturated heterocycles. The summed E-state index contributed by atoms with van der Waals surface area (Å²) in [4.78, 5) is 39.9. The predicted octanol–water partition coefficient (Wildman–Crippen LogP) is 1.81. The number of aryl methyl sites for hydroxylation is 2. The summed E-state index contributed by atoms with van der Waals surface area (Å²) < 4.78 is 3.26. The SMILES string of the molecule is O=C(CCC(=O)N1CCSc2ccccc21)NCCCn1nc2n(c1=O)CCCC2. The van der Waals surface area contributed by atoms with Gasteiger partial charge in [-0.3, -0.25) is 14.2 Å². The Labute approximate surface area is 179 Å². The zero-order valence-electron chi connectivity index (χ0n) is 17.0. The molecule has 2 aliphatic heterocycles. The highest BCUT2D eigenvalue weighted by molar-refractivity contribution is 7.99. The summed E-state index contributed by atoms with van der Waals surface area (Å²) in [6, 6.07) is 7.88. The summed E-state index contributed by atoms with van der Waals surface area (Å²) >= 11 is 1.75. The molecule has 2 aromatic rings. The van der Waals surface area contributed by atoms with Crippen molar-refractivity contribution in [2.24, 2.45) is 0 Å². The monoisotopic (exact) mass is 429 g/mol. The first kappa shape index (κ1) is 20.7. The van der Waals surface area contributed by atoms with E-state index in [4.69, 9.17) is 0 Å². The van der Waals surface area contributed by atoms with Gasteiger partial charge in [-0.1, -0.05) is 12.1 Å². The van der Waals surface area contributed by atoms with Crippen molar-refractivity contribution in [2.45, 2.75) is 56.5 Å². The van der Waals surface area contributed by atoms with Crippen LogP contribution in [0.5, 0.6) is 0 Å². The Bertz CT molecular complexity index is 983. The molecule has 30 heavy (non-hydrogen) atoms. The quantitative estimate of drug-likeness (QED) is 0.678. The number of hydrogen-bond donors (Lipinski definition) is 1. The summed E-state index contributed by atoms with van der Waals surface area (Å²) in [5, 5.41) is 7.25. The molecule has 9 heteroatoms. The van der Waals surface area contributed by atoms with Crippen LogP contribution < -0.4 is 15.9 Å². The van der Waals surface area contributed by atoms with Crippen LogP contribution in [-0.4, -0.2) is 45.0 Å². The first-order valence-electron chi connectivity index (χ1n) is 10.6. The Hall–Kier alpha value is -2.55. The minimum Gasteiger partial charge on any atom is -0.356 e. The van der Waals surface area contributed by atoms with Gasteiger partial charge < -0.3 is 10.2 Å². The van der Waals surface area contributed by atoms with Crippen LogP contribution in [0.4, 0.5) is 5.69 Å². The molecule has 0 aliphatic carbocycles. The van der Waals surface area contributed by atoms with E-state index in [1.54, 1.807) is 21.2 Å². The topological polar surface area (TPSA) is 89.2 Å². The van der Waals surface area contributed by atoms with Gasteiger partial charge in [0, 0.05) is 56.1 Å². The van der Waals surface area contributed by atoms with Crippen molar-refractivity contribution in [1.29, 1.82) is 0 Å². The average molecular weight is 430 g/mol. The maximum absolute atomic E-state index is 12.6. The van der Waals surface area contributed by atoms with Gasteiger partial charge in [-0.2, -0.15) is 5.10 Å². The van der Waals surface area contributed by atoms with Crippen molar-refractivity contribution in [3.05, 3.63) is 40.6 Å². The molecule has 0 radical (unpaired) electrons. The third-order valence-corrected chi connectivity index (χ3v) is 6.54. The molecule has 2 amide bonds. The lowest BCUT2D eigenvalue weighted by Crippen LogP contribution is -2.36. The number of para-hydroxylation sites is 1. The number of nitrogens with one attached hydrogen (secondary N) is 1. The second-order valence-electron chi connectivity index (χ2n) is 7.60.